The number of carbonyl (C=O) groups is 2. The topological polar surface area (TPSA) is 40.6 Å². The minimum absolute atomic E-state index is 0.214. The van der Waals surface area contributed by atoms with E-state index in [1.54, 1.807) is 0 Å². The standard InChI is InChI=1S/C21H22N2O2/c1-4-14-23-20(24)18(16-12-10-15(2)11-13-16)19(21(23)25)22(3)17-8-6-5-7-9-17/h5-13H,4,14H2,1-3H3. The first-order chi connectivity index (χ1) is 12.0. The monoisotopic (exact) mass is 334 g/mol. The molecule has 0 N–H and O–H groups in total. The fourth-order valence-corrected chi connectivity index (χ4v) is 3.06. The van der Waals surface area contributed by atoms with E-state index in [0.29, 0.717) is 17.8 Å². The quantitative estimate of drug-likeness (QED) is 0.784. The number of para-hydroxylation sites is 1. The van der Waals surface area contributed by atoms with E-state index in [1.807, 2.05) is 80.4 Å². The van der Waals surface area contributed by atoms with Gasteiger partial charge in [0.15, 0.2) is 0 Å². The molecule has 1 aliphatic rings. The van der Waals surface area contributed by atoms with Crippen molar-refractivity contribution in [2.75, 3.05) is 18.5 Å². The van der Waals surface area contributed by atoms with Crippen LogP contribution < -0.4 is 4.90 Å². The van der Waals surface area contributed by atoms with Crippen molar-refractivity contribution in [3.63, 3.8) is 0 Å². The minimum Gasteiger partial charge on any atom is -0.339 e. The first-order valence-electron chi connectivity index (χ1n) is 8.51. The molecular weight excluding hydrogens is 312 g/mol. The van der Waals surface area contributed by atoms with Crippen LogP contribution in [0.5, 0.6) is 0 Å². The average molecular weight is 334 g/mol. The first-order valence-corrected chi connectivity index (χ1v) is 8.51. The van der Waals surface area contributed by atoms with Gasteiger partial charge in [-0.25, -0.2) is 0 Å². The van der Waals surface area contributed by atoms with Gasteiger partial charge in [-0.3, -0.25) is 14.5 Å². The Morgan fingerprint density at radius 2 is 1.56 bits per heavy atom. The third-order valence-electron chi connectivity index (χ3n) is 4.41. The van der Waals surface area contributed by atoms with Crippen molar-refractivity contribution in [1.82, 2.24) is 4.90 Å². The van der Waals surface area contributed by atoms with Gasteiger partial charge < -0.3 is 4.90 Å². The van der Waals surface area contributed by atoms with Crippen molar-refractivity contribution in [3.8, 4) is 0 Å². The number of nitrogens with zero attached hydrogens (tertiary/aromatic N) is 2. The highest BCUT2D eigenvalue weighted by atomic mass is 16.2. The van der Waals surface area contributed by atoms with Gasteiger partial charge in [0.2, 0.25) is 0 Å². The van der Waals surface area contributed by atoms with Crippen molar-refractivity contribution in [3.05, 3.63) is 71.4 Å². The number of aryl methyl sites for hydroxylation is 1. The molecule has 0 unspecified atom stereocenters. The van der Waals surface area contributed by atoms with Crippen molar-refractivity contribution in [2.24, 2.45) is 0 Å². The largest absolute Gasteiger partial charge is 0.339 e. The number of anilines is 1. The summed E-state index contributed by atoms with van der Waals surface area (Å²) < 4.78 is 0. The lowest BCUT2D eigenvalue weighted by Crippen LogP contribution is -2.34. The fraction of sp³-hybridized carbons (Fsp3) is 0.238. The molecule has 0 atom stereocenters. The van der Waals surface area contributed by atoms with E-state index in [0.717, 1.165) is 23.2 Å². The molecule has 3 rings (SSSR count). The Morgan fingerprint density at radius 1 is 0.920 bits per heavy atom. The normalized spacial score (nSPS) is 14.4. The summed E-state index contributed by atoms with van der Waals surface area (Å²) >= 11 is 0. The lowest BCUT2D eigenvalue weighted by Gasteiger charge is -2.21. The van der Waals surface area contributed by atoms with Crippen molar-refractivity contribution in [2.45, 2.75) is 20.3 Å². The maximum atomic E-state index is 13.0. The highest BCUT2D eigenvalue weighted by Gasteiger charge is 2.40. The summed E-state index contributed by atoms with van der Waals surface area (Å²) in [7, 11) is 1.83. The summed E-state index contributed by atoms with van der Waals surface area (Å²) in [6.45, 7) is 4.39. The summed E-state index contributed by atoms with van der Waals surface area (Å²) in [4.78, 5) is 29.1. The van der Waals surface area contributed by atoms with Gasteiger partial charge in [-0.1, -0.05) is 55.0 Å². The van der Waals surface area contributed by atoms with Crippen LogP contribution in [-0.2, 0) is 9.59 Å². The highest BCUT2D eigenvalue weighted by molar-refractivity contribution is 6.36. The molecule has 0 radical (unpaired) electrons. The zero-order chi connectivity index (χ0) is 18.0. The zero-order valence-electron chi connectivity index (χ0n) is 14.8. The molecule has 0 saturated heterocycles. The van der Waals surface area contributed by atoms with Crippen LogP contribution in [0.2, 0.25) is 0 Å². The summed E-state index contributed by atoms with van der Waals surface area (Å²) in [6, 6.07) is 17.4. The Bertz CT molecular complexity index is 823. The van der Waals surface area contributed by atoms with Gasteiger partial charge in [-0.2, -0.15) is 0 Å². The number of hydrogen-bond acceptors (Lipinski definition) is 3. The average Bonchev–Trinajstić information content (AvgIpc) is 2.87. The van der Waals surface area contributed by atoms with Crippen LogP contribution in [0.4, 0.5) is 5.69 Å². The summed E-state index contributed by atoms with van der Waals surface area (Å²) in [5, 5.41) is 0. The van der Waals surface area contributed by atoms with Gasteiger partial charge in [-0.05, 0) is 31.0 Å². The van der Waals surface area contributed by atoms with Gasteiger partial charge in [0, 0.05) is 19.3 Å². The van der Waals surface area contributed by atoms with E-state index in [9.17, 15) is 9.59 Å². The molecule has 4 heteroatoms. The van der Waals surface area contributed by atoms with Crippen molar-refractivity contribution < 1.29 is 9.59 Å². The number of likely N-dealkylation sites (N-methyl/N-ethyl adjacent to an activating group) is 1. The molecule has 2 aromatic carbocycles. The molecule has 0 aliphatic carbocycles. The summed E-state index contributed by atoms with van der Waals surface area (Å²) in [5.74, 6) is -0.442. The van der Waals surface area contributed by atoms with Crippen LogP contribution in [-0.4, -0.2) is 30.3 Å². The Balaban J connectivity index is 2.14. The van der Waals surface area contributed by atoms with Crippen molar-refractivity contribution >= 4 is 23.1 Å². The van der Waals surface area contributed by atoms with Crippen LogP contribution in [0.1, 0.15) is 24.5 Å². The van der Waals surface area contributed by atoms with Gasteiger partial charge in [0.05, 0.1) is 5.57 Å². The van der Waals surface area contributed by atoms with Crippen LogP contribution in [0.15, 0.2) is 60.3 Å². The predicted octanol–water partition coefficient (Wildman–Crippen LogP) is 3.62. The van der Waals surface area contributed by atoms with E-state index < -0.39 is 0 Å². The van der Waals surface area contributed by atoms with E-state index in [2.05, 4.69) is 0 Å². The molecule has 25 heavy (non-hydrogen) atoms. The molecule has 2 aromatic rings. The Labute approximate surface area is 148 Å². The van der Waals surface area contributed by atoms with E-state index >= 15 is 0 Å². The minimum atomic E-state index is -0.228. The highest BCUT2D eigenvalue weighted by Crippen LogP contribution is 2.33. The SMILES string of the molecule is CCCN1C(=O)C(c2ccc(C)cc2)=C(N(C)c2ccccc2)C1=O. The smallest absolute Gasteiger partial charge is 0.278 e. The second-order valence-corrected chi connectivity index (χ2v) is 6.25. The Morgan fingerprint density at radius 3 is 2.16 bits per heavy atom. The third-order valence-corrected chi connectivity index (χ3v) is 4.41. The lowest BCUT2D eigenvalue weighted by molar-refractivity contribution is -0.136. The number of hydrogen-bond donors (Lipinski definition) is 0. The third kappa shape index (κ3) is 3.07. The number of amides is 2. The molecule has 0 spiro atoms. The summed E-state index contributed by atoms with van der Waals surface area (Å²) in [6.07, 6.45) is 0.737. The number of rotatable bonds is 5. The molecule has 0 aromatic heterocycles. The van der Waals surface area contributed by atoms with Gasteiger partial charge in [-0.15, -0.1) is 0 Å². The van der Waals surface area contributed by atoms with Crippen LogP contribution in [0.3, 0.4) is 0 Å². The van der Waals surface area contributed by atoms with E-state index in [-0.39, 0.29) is 11.8 Å². The number of benzene rings is 2. The van der Waals surface area contributed by atoms with Gasteiger partial charge in [0.25, 0.3) is 11.8 Å². The van der Waals surface area contributed by atoms with Crippen LogP contribution in [0.25, 0.3) is 5.57 Å². The molecule has 1 heterocycles. The zero-order valence-corrected chi connectivity index (χ0v) is 14.8. The van der Waals surface area contributed by atoms with Crippen molar-refractivity contribution in [1.29, 1.82) is 0 Å². The van der Waals surface area contributed by atoms with E-state index in [4.69, 9.17) is 0 Å². The number of imide groups is 1. The van der Waals surface area contributed by atoms with Gasteiger partial charge >= 0.3 is 0 Å². The van der Waals surface area contributed by atoms with E-state index in [1.165, 1.54) is 4.90 Å². The second kappa shape index (κ2) is 6.93. The molecule has 0 saturated carbocycles. The Hall–Kier alpha value is -2.88. The molecular formula is C21H22N2O2. The maximum absolute atomic E-state index is 13.0. The lowest BCUT2D eigenvalue weighted by atomic mass is 10.0. The Kier molecular flexibility index (Phi) is 4.70. The van der Waals surface area contributed by atoms with Crippen LogP contribution in [0, 0.1) is 6.92 Å². The summed E-state index contributed by atoms with van der Waals surface area (Å²) in [5.41, 5.74) is 3.68. The molecule has 0 fully saturated rings. The van der Waals surface area contributed by atoms with Crippen LogP contribution >= 0.6 is 0 Å². The molecule has 128 valence electrons. The fourth-order valence-electron chi connectivity index (χ4n) is 3.06. The molecule has 4 nitrogen and oxygen atoms in total. The molecule has 0 bridgehead atoms. The first kappa shape index (κ1) is 17.0. The second-order valence-electron chi connectivity index (χ2n) is 6.25. The molecule has 1 aliphatic heterocycles. The number of carbonyl (C=O) groups excluding carboxylic acids is 2. The predicted molar refractivity (Wildman–Crippen MR) is 100.0 cm³/mol. The maximum Gasteiger partial charge on any atom is 0.278 e. The molecule has 2 amide bonds. The van der Waals surface area contributed by atoms with Gasteiger partial charge in [0.1, 0.15) is 5.70 Å².